The first-order chi connectivity index (χ1) is 11.8. The number of hydrogen-bond donors (Lipinski definition) is 1. The first-order valence-electron chi connectivity index (χ1n) is 7.81. The summed E-state index contributed by atoms with van der Waals surface area (Å²) in [5.74, 6) is -0.328. The monoisotopic (exact) mass is 370 g/mol. The van der Waals surface area contributed by atoms with E-state index in [4.69, 9.17) is 4.74 Å². The summed E-state index contributed by atoms with van der Waals surface area (Å²) in [6.45, 7) is 2.47. The summed E-state index contributed by atoms with van der Waals surface area (Å²) < 4.78 is 48.7. The number of nitrogens with one attached hydrogen (secondary N) is 1. The van der Waals surface area contributed by atoms with Crippen LogP contribution in [0.5, 0.6) is 0 Å². The molecule has 0 unspecified atom stereocenters. The molecule has 0 bridgehead atoms. The minimum Gasteiger partial charge on any atom is -0.381 e. The van der Waals surface area contributed by atoms with Gasteiger partial charge in [0, 0.05) is 18.6 Å². The van der Waals surface area contributed by atoms with Gasteiger partial charge in [-0.25, -0.2) is 0 Å². The summed E-state index contributed by atoms with van der Waals surface area (Å²) in [6.07, 6.45) is -3.60. The molecule has 0 saturated carbocycles. The fraction of sp³-hybridized carbons (Fsp3) is 0.412. The number of carbonyl (C=O) groups excluding carboxylic acids is 1. The van der Waals surface area contributed by atoms with E-state index in [9.17, 15) is 18.0 Å². The molecule has 134 valence electrons. The van der Waals surface area contributed by atoms with Crippen molar-refractivity contribution in [3.63, 3.8) is 0 Å². The van der Waals surface area contributed by atoms with Crippen molar-refractivity contribution in [1.82, 2.24) is 9.69 Å². The van der Waals surface area contributed by atoms with Gasteiger partial charge in [-0.05, 0) is 49.0 Å². The number of alkyl halides is 3. The number of hydrogen-bond acceptors (Lipinski definition) is 4. The number of aryl methyl sites for hydroxylation is 1. The van der Waals surface area contributed by atoms with Gasteiger partial charge in [-0.15, -0.1) is 0 Å². The highest BCUT2D eigenvalue weighted by Gasteiger charge is 2.39. The van der Waals surface area contributed by atoms with Crippen LogP contribution in [0.3, 0.4) is 0 Å². The predicted octanol–water partition coefficient (Wildman–Crippen LogP) is 3.91. The first kappa shape index (κ1) is 17.9. The van der Waals surface area contributed by atoms with E-state index in [0.717, 1.165) is 12.1 Å². The van der Waals surface area contributed by atoms with Gasteiger partial charge in [-0.1, -0.05) is 12.1 Å². The Morgan fingerprint density at radius 2 is 2.04 bits per heavy atom. The van der Waals surface area contributed by atoms with Crippen LogP contribution in [0.1, 0.15) is 40.0 Å². The smallest absolute Gasteiger partial charge is 0.381 e. The number of ether oxygens (including phenoxy) is 1. The quantitative estimate of drug-likeness (QED) is 0.891. The van der Waals surface area contributed by atoms with Crippen LogP contribution in [0.2, 0.25) is 0 Å². The molecule has 1 aliphatic rings. The number of nitrogens with zero attached hydrogens (tertiary/aromatic N) is 1. The SMILES string of the molecule is Cc1nscc1C(=O)NC1(c2cccc(C(F)(F)F)c2)CCOCC1. The number of benzene rings is 1. The third-order valence-electron chi connectivity index (χ3n) is 4.44. The molecule has 1 amide bonds. The highest BCUT2D eigenvalue weighted by Crippen LogP contribution is 2.36. The summed E-state index contributed by atoms with van der Waals surface area (Å²) in [6, 6.07) is 5.15. The van der Waals surface area contributed by atoms with Crippen molar-refractivity contribution in [2.24, 2.45) is 0 Å². The van der Waals surface area contributed by atoms with Gasteiger partial charge in [0.25, 0.3) is 5.91 Å². The van der Waals surface area contributed by atoms with Gasteiger partial charge >= 0.3 is 6.18 Å². The molecule has 25 heavy (non-hydrogen) atoms. The van der Waals surface area contributed by atoms with Gasteiger partial charge in [-0.2, -0.15) is 17.5 Å². The molecule has 0 aliphatic carbocycles. The van der Waals surface area contributed by atoms with E-state index < -0.39 is 17.3 Å². The van der Waals surface area contributed by atoms with Crippen LogP contribution < -0.4 is 5.32 Å². The third kappa shape index (κ3) is 3.69. The first-order valence-corrected chi connectivity index (χ1v) is 8.64. The molecule has 0 radical (unpaired) electrons. The number of carbonyl (C=O) groups is 1. The second-order valence-corrected chi connectivity index (χ2v) is 6.67. The van der Waals surface area contributed by atoms with Crippen molar-refractivity contribution >= 4 is 17.4 Å². The fourth-order valence-corrected chi connectivity index (χ4v) is 3.69. The molecule has 1 aliphatic heterocycles. The van der Waals surface area contributed by atoms with E-state index >= 15 is 0 Å². The minimum absolute atomic E-state index is 0.328. The Bertz CT molecular complexity index is 767. The number of halogens is 3. The summed E-state index contributed by atoms with van der Waals surface area (Å²) >= 11 is 1.17. The summed E-state index contributed by atoms with van der Waals surface area (Å²) in [7, 11) is 0. The van der Waals surface area contributed by atoms with Crippen LogP contribution in [0.25, 0.3) is 0 Å². The van der Waals surface area contributed by atoms with E-state index in [1.807, 2.05) is 0 Å². The van der Waals surface area contributed by atoms with Crippen LogP contribution in [0.15, 0.2) is 29.6 Å². The van der Waals surface area contributed by atoms with Crippen molar-refractivity contribution in [1.29, 1.82) is 0 Å². The Balaban J connectivity index is 1.97. The van der Waals surface area contributed by atoms with Gasteiger partial charge in [0.05, 0.1) is 22.4 Å². The fourth-order valence-electron chi connectivity index (χ4n) is 2.99. The molecular formula is C17H17F3N2O2S. The number of rotatable bonds is 3. The average Bonchev–Trinajstić information content (AvgIpc) is 3.01. The van der Waals surface area contributed by atoms with Crippen molar-refractivity contribution in [3.05, 3.63) is 52.0 Å². The van der Waals surface area contributed by atoms with Crippen molar-refractivity contribution < 1.29 is 22.7 Å². The molecule has 8 heteroatoms. The molecule has 1 aromatic carbocycles. The second kappa shape index (κ2) is 6.76. The topological polar surface area (TPSA) is 51.2 Å². The maximum atomic E-state index is 13.1. The molecule has 4 nitrogen and oxygen atoms in total. The predicted molar refractivity (Wildman–Crippen MR) is 87.5 cm³/mol. The lowest BCUT2D eigenvalue weighted by atomic mass is 9.81. The van der Waals surface area contributed by atoms with Gasteiger partial charge in [-0.3, -0.25) is 4.79 Å². The summed E-state index contributed by atoms with van der Waals surface area (Å²) in [4.78, 5) is 12.6. The van der Waals surface area contributed by atoms with Crippen molar-refractivity contribution in [3.8, 4) is 0 Å². The van der Waals surface area contributed by atoms with Crippen LogP contribution in [0, 0.1) is 6.92 Å². The number of amides is 1. The summed E-state index contributed by atoms with van der Waals surface area (Å²) in [5, 5.41) is 4.59. The lowest BCUT2D eigenvalue weighted by Gasteiger charge is -2.38. The van der Waals surface area contributed by atoms with Crippen LogP contribution in [-0.2, 0) is 16.5 Å². The van der Waals surface area contributed by atoms with Crippen molar-refractivity contribution in [2.45, 2.75) is 31.5 Å². The maximum absolute atomic E-state index is 13.1. The zero-order valence-electron chi connectivity index (χ0n) is 13.5. The highest BCUT2D eigenvalue weighted by atomic mass is 32.1. The molecule has 1 N–H and O–H groups in total. The van der Waals surface area contributed by atoms with Gasteiger partial charge in [0.15, 0.2) is 0 Å². The Morgan fingerprint density at radius 3 is 2.64 bits per heavy atom. The van der Waals surface area contributed by atoms with Gasteiger partial charge in [0.2, 0.25) is 0 Å². The Morgan fingerprint density at radius 1 is 1.32 bits per heavy atom. The molecule has 1 saturated heterocycles. The van der Waals surface area contributed by atoms with Crippen LogP contribution in [0.4, 0.5) is 13.2 Å². The van der Waals surface area contributed by atoms with E-state index in [1.54, 1.807) is 18.4 Å². The molecule has 0 atom stereocenters. The molecule has 2 heterocycles. The molecule has 1 aromatic heterocycles. The molecule has 1 fully saturated rings. The zero-order valence-corrected chi connectivity index (χ0v) is 14.3. The Kier molecular flexibility index (Phi) is 4.83. The minimum atomic E-state index is -4.43. The lowest BCUT2D eigenvalue weighted by Crippen LogP contribution is -2.49. The highest BCUT2D eigenvalue weighted by molar-refractivity contribution is 7.03. The normalized spacial score (nSPS) is 17.3. The van der Waals surface area contributed by atoms with Crippen LogP contribution >= 0.6 is 11.5 Å². The van der Waals surface area contributed by atoms with Crippen LogP contribution in [-0.4, -0.2) is 23.5 Å². The Labute approximate surface area is 147 Å². The van der Waals surface area contributed by atoms with E-state index in [2.05, 4.69) is 9.69 Å². The molecule has 2 aromatic rings. The van der Waals surface area contributed by atoms with E-state index in [1.165, 1.54) is 17.6 Å². The van der Waals surface area contributed by atoms with E-state index in [-0.39, 0.29) is 5.91 Å². The summed E-state index contributed by atoms with van der Waals surface area (Å²) in [5.41, 5.74) is -0.111. The average molecular weight is 370 g/mol. The third-order valence-corrected chi connectivity index (χ3v) is 5.16. The zero-order chi connectivity index (χ0) is 18.1. The molecule has 0 spiro atoms. The van der Waals surface area contributed by atoms with E-state index in [0.29, 0.717) is 42.9 Å². The standard InChI is InChI=1S/C17H17F3N2O2S/c1-11-14(10-25-22-11)15(23)21-16(5-7-24-8-6-16)12-3-2-4-13(9-12)17(18,19)20/h2-4,9-10H,5-8H2,1H3,(H,21,23). The van der Waals surface area contributed by atoms with Gasteiger partial charge < -0.3 is 10.1 Å². The van der Waals surface area contributed by atoms with Crippen molar-refractivity contribution in [2.75, 3.05) is 13.2 Å². The second-order valence-electron chi connectivity index (χ2n) is 6.04. The largest absolute Gasteiger partial charge is 0.416 e. The molecule has 3 rings (SSSR count). The number of aromatic nitrogens is 1. The Hall–Kier alpha value is -1.93. The lowest BCUT2D eigenvalue weighted by molar-refractivity contribution is -0.137. The van der Waals surface area contributed by atoms with Gasteiger partial charge in [0.1, 0.15) is 0 Å². The molecular weight excluding hydrogens is 353 g/mol. The maximum Gasteiger partial charge on any atom is 0.416 e.